The fraction of sp³-hybridized carbons (Fsp3) is 0.467. The van der Waals surface area contributed by atoms with Crippen LogP contribution in [0.1, 0.15) is 24.8 Å². The van der Waals surface area contributed by atoms with Crippen LogP contribution >= 0.6 is 0 Å². The number of esters is 1. The zero-order valence-electron chi connectivity index (χ0n) is 11.8. The lowest BCUT2D eigenvalue weighted by Crippen LogP contribution is -2.33. The molecule has 116 valence electrons. The van der Waals surface area contributed by atoms with Gasteiger partial charge in [0, 0.05) is 19.4 Å². The number of aliphatic hydroxyl groups excluding tert-OH is 2. The quantitative estimate of drug-likeness (QED) is 0.572. The van der Waals surface area contributed by atoms with Crippen LogP contribution in [0.25, 0.3) is 0 Å². The normalized spacial score (nSPS) is 11.7. The van der Waals surface area contributed by atoms with Crippen LogP contribution in [0, 0.1) is 0 Å². The van der Waals surface area contributed by atoms with E-state index in [9.17, 15) is 9.59 Å². The van der Waals surface area contributed by atoms with Gasteiger partial charge in [-0.05, 0) is 12.0 Å². The monoisotopic (exact) mass is 295 g/mol. The predicted molar refractivity (Wildman–Crippen MR) is 76.2 cm³/mol. The van der Waals surface area contributed by atoms with Gasteiger partial charge in [-0.15, -0.1) is 0 Å². The highest BCUT2D eigenvalue weighted by molar-refractivity contribution is 5.77. The van der Waals surface area contributed by atoms with Gasteiger partial charge in [-0.2, -0.15) is 0 Å². The molecule has 1 rings (SSSR count). The third kappa shape index (κ3) is 8.06. The molecule has 0 aliphatic carbocycles. The second kappa shape index (κ2) is 9.90. The molecule has 0 aromatic heterocycles. The Morgan fingerprint density at radius 2 is 1.90 bits per heavy atom. The smallest absolute Gasteiger partial charge is 0.306 e. The van der Waals surface area contributed by atoms with Gasteiger partial charge >= 0.3 is 5.97 Å². The molecular weight excluding hydrogens is 274 g/mol. The first-order valence-corrected chi connectivity index (χ1v) is 6.87. The van der Waals surface area contributed by atoms with Gasteiger partial charge < -0.3 is 20.3 Å². The minimum absolute atomic E-state index is 0.00773. The Bertz CT molecular complexity index is 435. The van der Waals surface area contributed by atoms with Crippen LogP contribution in [0.15, 0.2) is 30.3 Å². The summed E-state index contributed by atoms with van der Waals surface area (Å²) in [6, 6.07) is 9.36. The van der Waals surface area contributed by atoms with Crippen molar-refractivity contribution >= 4 is 11.9 Å². The van der Waals surface area contributed by atoms with Gasteiger partial charge in [-0.25, -0.2) is 0 Å². The molecule has 6 nitrogen and oxygen atoms in total. The molecule has 0 aliphatic rings. The van der Waals surface area contributed by atoms with Crippen LogP contribution in [-0.2, 0) is 20.9 Å². The first-order valence-electron chi connectivity index (χ1n) is 6.87. The van der Waals surface area contributed by atoms with Crippen LogP contribution in [-0.4, -0.2) is 41.3 Å². The number of hydrogen-bond acceptors (Lipinski definition) is 5. The molecule has 0 saturated heterocycles. The van der Waals surface area contributed by atoms with E-state index in [0.717, 1.165) is 5.56 Å². The molecule has 1 atom stereocenters. The van der Waals surface area contributed by atoms with E-state index >= 15 is 0 Å². The summed E-state index contributed by atoms with van der Waals surface area (Å²) in [5.74, 6) is -0.611. The topological polar surface area (TPSA) is 95.9 Å². The summed E-state index contributed by atoms with van der Waals surface area (Å²) in [5, 5.41) is 20.1. The summed E-state index contributed by atoms with van der Waals surface area (Å²) in [6.45, 7) is -0.158. The Hall–Kier alpha value is -1.92. The molecule has 0 heterocycles. The number of hydrogen-bond donors (Lipinski definition) is 3. The highest BCUT2D eigenvalue weighted by atomic mass is 16.5. The van der Waals surface area contributed by atoms with Crippen LogP contribution < -0.4 is 5.32 Å². The molecule has 1 aromatic carbocycles. The Balaban J connectivity index is 2.09. The molecule has 3 N–H and O–H groups in total. The zero-order chi connectivity index (χ0) is 15.5. The Labute approximate surface area is 123 Å². The summed E-state index contributed by atoms with van der Waals surface area (Å²) in [7, 11) is 0. The fourth-order valence-corrected chi connectivity index (χ4v) is 1.59. The van der Waals surface area contributed by atoms with E-state index in [0.29, 0.717) is 6.42 Å². The molecule has 0 fully saturated rings. The standard InChI is InChI=1S/C15H21NO5/c17-10-13(18)9-16-14(19)7-4-8-15(20)21-11-12-5-2-1-3-6-12/h1-3,5-6,13,17-18H,4,7-11H2,(H,16,19)/t13-/m1/s1. The minimum atomic E-state index is -0.954. The van der Waals surface area contributed by atoms with Crippen molar-refractivity contribution in [2.75, 3.05) is 13.2 Å². The van der Waals surface area contributed by atoms with Crippen molar-refractivity contribution in [3.8, 4) is 0 Å². The lowest BCUT2D eigenvalue weighted by Gasteiger charge is -2.09. The SMILES string of the molecule is O=C(CCCC(=O)OCc1ccccc1)NC[C@@H](O)CO. The second-order valence-corrected chi connectivity index (χ2v) is 4.64. The summed E-state index contributed by atoms with van der Waals surface area (Å²) < 4.78 is 5.08. The molecule has 0 bridgehead atoms. The van der Waals surface area contributed by atoms with Crippen molar-refractivity contribution in [3.05, 3.63) is 35.9 Å². The van der Waals surface area contributed by atoms with Crippen LogP contribution in [0.3, 0.4) is 0 Å². The molecule has 0 saturated carbocycles. The van der Waals surface area contributed by atoms with Gasteiger partial charge in [-0.1, -0.05) is 30.3 Å². The maximum atomic E-state index is 11.5. The Kier molecular flexibility index (Phi) is 8.08. The van der Waals surface area contributed by atoms with Crippen molar-refractivity contribution in [2.24, 2.45) is 0 Å². The number of ether oxygens (including phenoxy) is 1. The third-order valence-corrected chi connectivity index (χ3v) is 2.77. The van der Waals surface area contributed by atoms with Crippen molar-refractivity contribution in [1.82, 2.24) is 5.32 Å². The van der Waals surface area contributed by atoms with E-state index in [-0.39, 0.29) is 37.9 Å². The largest absolute Gasteiger partial charge is 0.461 e. The van der Waals surface area contributed by atoms with Crippen LogP contribution in [0.2, 0.25) is 0 Å². The van der Waals surface area contributed by atoms with Gasteiger partial charge in [-0.3, -0.25) is 9.59 Å². The highest BCUT2D eigenvalue weighted by Crippen LogP contribution is 2.04. The minimum Gasteiger partial charge on any atom is -0.461 e. The van der Waals surface area contributed by atoms with Crippen molar-refractivity contribution in [2.45, 2.75) is 32.0 Å². The van der Waals surface area contributed by atoms with Gasteiger partial charge in [0.1, 0.15) is 6.61 Å². The predicted octanol–water partition coefficient (Wildman–Crippen LogP) is 0.369. The average Bonchev–Trinajstić information content (AvgIpc) is 2.51. The molecule has 0 unspecified atom stereocenters. The van der Waals surface area contributed by atoms with Crippen molar-refractivity contribution in [3.63, 3.8) is 0 Å². The van der Waals surface area contributed by atoms with E-state index in [1.165, 1.54) is 0 Å². The van der Waals surface area contributed by atoms with E-state index in [2.05, 4.69) is 5.32 Å². The lowest BCUT2D eigenvalue weighted by atomic mass is 10.2. The molecule has 1 amide bonds. The summed E-state index contributed by atoms with van der Waals surface area (Å²) in [6.07, 6.45) is -0.222. The molecule has 0 radical (unpaired) electrons. The Morgan fingerprint density at radius 1 is 1.19 bits per heavy atom. The van der Waals surface area contributed by atoms with E-state index in [1.54, 1.807) is 0 Å². The summed E-state index contributed by atoms with van der Waals surface area (Å²) >= 11 is 0. The maximum absolute atomic E-state index is 11.5. The summed E-state index contributed by atoms with van der Waals surface area (Å²) in [5.41, 5.74) is 0.918. The molecule has 1 aromatic rings. The molecule has 0 aliphatic heterocycles. The molecule has 0 spiro atoms. The number of carbonyl (C=O) groups is 2. The van der Waals surface area contributed by atoms with E-state index in [4.69, 9.17) is 14.9 Å². The van der Waals surface area contributed by atoms with Crippen LogP contribution in [0.5, 0.6) is 0 Å². The number of amides is 1. The highest BCUT2D eigenvalue weighted by Gasteiger charge is 2.08. The lowest BCUT2D eigenvalue weighted by molar-refractivity contribution is -0.145. The fourth-order valence-electron chi connectivity index (χ4n) is 1.59. The Morgan fingerprint density at radius 3 is 2.57 bits per heavy atom. The van der Waals surface area contributed by atoms with E-state index < -0.39 is 12.7 Å². The molecule has 21 heavy (non-hydrogen) atoms. The number of nitrogens with one attached hydrogen (secondary N) is 1. The molecular formula is C15H21NO5. The first-order chi connectivity index (χ1) is 10.1. The van der Waals surface area contributed by atoms with Crippen molar-refractivity contribution < 1.29 is 24.5 Å². The van der Waals surface area contributed by atoms with E-state index in [1.807, 2.05) is 30.3 Å². The molecule has 6 heteroatoms. The van der Waals surface area contributed by atoms with Gasteiger partial charge in [0.05, 0.1) is 12.7 Å². The van der Waals surface area contributed by atoms with Gasteiger partial charge in [0.15, 0.2) is 0 Å². The van der Waals surface area contributed by atoms with Crippen LogP contribution in [0.4, 0.5) is 0 Å². The summed E-state index contributed by atoms with van der Waals surface area (Å²) in [4.78, 5) is 22.9. The number of rotatable bonds is 9. The van der Waals surface area contributed by atoms with Gasteiger partial charge in [0.2, 0.25) is 5.91 Å². The number of carbonyl (C=O) groups excluding carboxylic acids is 2. The van der Waals surface area contributed by atoms with Crippen molar-refractivity contribution in [1.29, 1.82) is 0 Å². The third-order valence-electron chi connectivity index (χ3n) is 2.77. The average molecular weight is 295 g/mol. The number of benzene rings is 1. The second-order valence-electron chi connectivity index (χ2n) is 4.64. The number of aliphatic hydroxyl groups is 2. The zero-order valence-corrected chi connectivity index (χ0v) is 11.8. The van der Waals surface area contributed by atoms with Gasteiger partial charge in [0.25, 0.3) is 0 Å². The first kappa shape index (κ1) is 17.1. The maximum Gasteiger partial charge on any atom is 0.306 e.